The molecule has 494 valence electrons. The third-order valence-electron chi connectivity index (χ3n) is 19.0. The highest BCUT2D eigenvalue weighted by Crippen LogP contribution is 2.53. The van der Waals surface area contributed by atoms with Gasteiger partial charge in [-0.3, -0.25) is 4.99 Å². The summed E-state index contributed by atoms with van der Waals surface area (Å²) in [6.07, 6.45) is 26.4. The number of rotatable bonds is 6. The molecule has 0 saturated heterocycles. The van der Waals surface area contributed by atoms with Crippen LogP contribution < -0.4 is 0 Å². The lowest BCUT2D eigenvalue weighted by Crippen LogP contribution is -2.25. The number of hydrogen-bond donors (Lipinski definition) is 0. The Bertz CT molecular complexity index is 4590. The quantitative estimate of drug-likeness (QED) is 0.0517. The van der Waals surface area contributed by atoms with Crippen LogP contribution in [0.4, 0.5) is 0 Å². The smallest absolute Gasteiger partial charge is 0.0451 e. The summed E-state index contributed by atoms with van der Waals surface area (Å²) in [6.45, 7) is 34.1. The van der Waals surface area contributed by atoms with E-state index in [1.54, 1.807) is 11.1 Å². The third-order valence-corrected chi connectivity index (χ3v) is 19.0. The summed E-state index contributed by atoms with van der Waals surface area (Å²) < 4.78 is 0. The summed E-state index contributed by atoms with van der Waals surface area (Å²) in [5, 5.41) is 13.2. The first kappa shape index (κ1) is 73.1. The Morgan fingerprint density at radius 1 is 0.454 bits per heavy atom. The van der Waals surface area contributed by atoms with Crippen molar-refractivity contribution in [2.75, 3.05) is 0 Å². The minimum Gasteiger partial charge on any atom is -0.261 e. The molecule has 0 spiro atoms. The first-order valence-corrected chi connectivity index (χ1v) is 35.9. The lowest BCUT2D eigenvalue weighted by molar-refractivity contribution is 0.658. The SMILES string of the molecule is C/C(=C(\C)c1ccccc1)c1ccccc1.CC.CC.CC.CC(=N/C=C(\C)c1ccccc1)c1ccc2c3cccc4cccc(c5cccc1c52)c43.CC1C=CC=CC1.CC=C(C)C1=Cc2c(ccc3ccccc23)C2=CC(C)C3=C(C(C)C=CCC3)C12.Cc1ccccc1. The predicted octanol–water partition coefficient (Wildman–Crippen LogP) is 28.6. The molecule has 0 aliphatic heterocycles. The van der Waals surface area contributed by atoms with Gasteiger partial charge in [0.25, 0.3) is 0 Å². The van der Waals surface area contributed by atoms with Crippen LogP contribution in [0.25, 0.3) is 82.2 Å². The van der Waals surface area contributed by atoms with Gasteiger partial charge in [0.1, 0.15) is 0 Å². The fraction of sp³-hybridized carbons (Fsp3) is 0.240. The van der Waals surface area contributed by atoms with Crippen molar-refractivity contribution in [2.24, 2.45) is 28.7 Å². The molecular formula is C96H105N. The van der Waals surface area contributed by atoms with Gasteiger partial charge in [-0.1, -0.05) is 358 Å². The fourth-order valence-electron chi connectivity index (χ4n) is 13.7. The monoisotopic (exact) mass is 1270 g/mol. The molecule has 4 aliphatic carbocycles. The summed E-state index contributed by atoms with van der Waals surface area (Å²) in [6, 6.07) is 79.6. The molecule has 0 heterocycles. The summed E-state index contributed by atoms with van der Waals surface area (Å²) in [5.74, 6) is 2.18. The van der Waals surface area contributed by atoms with Crippen LogP contribution in [0.3, 0.4) is 0 Å². The van der Waals surface area contributed by atoms with E-state index in [0.29, 0.717) is 17.8 Å². The maximum atomic E-state index is 4.86. The van der Waals surface area contributed by atoms with Crippen molar-refractivity contribution in [3.8, 4) is 0 Å². The molecular weight excluding hydrogens is 1170 g/mol. The van der Waals surface area contributed by atoms with Gasteiger partial charge in [0.05, 0.1) is 0 Å². The standard InChI is InChI=1S/C31H23N.C29H30.C16H16.C7H10.C7H8.3C2H6/c1-20(22-9-4-3-5-10-22)19-32-21(2)24-17-18-29-27-14-7-12-23-11-6-13-26(30(23)27)28-16-8-15-25(24)31(28)29;1-5-18(2)25-17-26-23-13-9-7-11-21(23)14-15-24(26)27-16-20(4)22-12-8-6-10-19(3)28(22)29(25)27;1-13(15-9-5-3-6-10-15)14(2)16-11-7-4-8-12-16;2*1-7-5-3-2-4-6-7;3*1-2/h3-19H,1-2H3;5-7,9-11,13-17,19-20,29H,8,12H2,1-4H3;3-12H,1-2H3;2-5,7H,6H2,1H3;2-6H,1H3;3*1-2H3/b20-19+,32-21?;;14-13-;;;;;. The van der Waals surface area contributed by atoms with Crippen molar-refractivity contribution in [3.63, 3.8) is 0 Å². The normalized spacial score (nSPS) is 17.1. The minimum atomic E-state index is 0.392. The van der Waals surface area contributed by atoms with Gasteiger partial charge in [-0.05, 0) is 201 Å². The topological polar surface area (TPSA) is 12.4 Å². The Kier molecular flexibility index (Phi) is 27.5. The maximum Gasteiger partial charge on any atom is 0.0451 e. The van der Waals surface area contributed by atoms with Gasteiger partial charge in [0.15, 0.2) is 0 Å². The number of aryl methyl sites for hydroxylation is 1. The van der Waals surface area contributed by atoms with Crippen LogP contribution in [0.5, 0.6) is 0 Å². The molecule has 0 saturated carbocycles. The van der Waals surface area contributed by atoms with E-state index in [4.69, 9.17) is 4.99 Å². The fourth-order valence-corrected chi connectivity index (χ4v) is 13.7. The van der Waals surface area contributed by atoms with E-state index < -0.39 is 0 Å². The first-order chi connectivity index (χ1) is 47.4. The van der Waals surface area contributed by atoms with Crippen molar-refractivity contribution in [1.29, 1.82) is 0 Å². The van der Waals surface area contributed by atoms with Gasteiger partial charge in [0.2, 0.25) is 0 Å². The molecule has 0 amide bonds. The zero-order valence-corrected chi connectivity index (χ0v) is 61.0. The van der Waals surface area contributed by atoms with Crippen molar-refractivity contribution in [3.05, 3.63) is 341 Å². The van der Waals surface area contributed by atoms with E-state index >= 15 is 0 Å². The Morgan fingerprint density at radius 3 is 1.52 bits per heavy atom. The summed E-state index contributed by atoms with van der Waals surface area (Å²) in [5.41, 5.74) is 21.8. The number of fused-ring (bicyclic) bond motifs is 8. The molecule has 0 fully saturated rings. The van der Waals surface area contributed by atoms with Gasteiger partial charge in [-0.2, -0.15) is 0 Å². The Labute approximate surface area is 583 Å². The summed E-state index contributed by atoms with van der Waals surface area (Å²) in [7, 11) is 0. The average Bonchev–Trinajstić information content (AvgIpc) is 0.962. The maximum absolute atomic E-state index is 4.86. The van der Waals surface area contributed by atoms with Crippen LogP contribution in [0, 0.1) is 30.6 Å². The summed E-state index contributed by atoms with van der Waals surface area (Å²) >= 11 is 0. The molecule has 97 heavy (non-hydrogen) atoms. The zero-order chi connectivity index (χ0) is 69.4. The minimum absolute atomic E-state index is 0.392. The lowest BCUT2D eigenvalue weighted by atomic mass is 9.64. The predicted molar refractivity (Wildman–Crippen MR) is 435 cm³/mol. The first-order valence-electron chi connectivity index (χ1n) is 35.9. The van der Waals surface area contributed by atoms with Gasteiger partial charge in [-0.15, -0.1) is 0 Å². The largest absolute Gasteiger partial charge is 0.261 e. The van der Waals surface area contributed by atoms with Gasteiger partial charge in [-0.25, -0.2) is 0 Å². The molecule has 0 N–H and O–H groups in total. The average molecular weight is 1270 g/mol. The third kappa shape index (κ3) is 17.5. The Morgan fingerprint density at radius 2 is 0.969 bits per heavy atom. The van der Waals surface area contributed by atoms with Crippen LogP contribution in [-0.2, 0) is 0 Å². The molecule has 11 aromatic rings. The highest BCUT2D eigenvalue weighted by molar-refractivity contribution is 6.34. The second-order valence-electron chi connectivity index (χ2n) is 25.1. The Hall–Kier alpha value is -9.69. The molecule has 1 nitrogen and oxygen atoms in total. The van der Waals surface area contributed by atoms with Crippen molar-refractivity contribution in [2.45, 2.75) is 130 Å². The van der Waals surface area contributed by atoms with Gasteiger partial charge in [0, 0.05) is 23.4 Å². The van der Waals surface area contributed by atoms with Crippen molar-refractivity contribution in [1.82, 2.24) is 0 Å². The van der Waals surface area contributed by atoms with Crippen LogP contribution >= 0.6 is 0 Å². The van der Waals surface area contributed by atoms with E-state index in [2.05, 4.69) is 324 Å². The number of allylic oxidation sites excluding steroid dienone is 16. The summed E-state index contributed by atoms with van der Waals surface area (Å²) in [4.78, 5) is 4.86. The van der Waals surface area contributed by atoms with Crippen LogP contribution in [0.1, 0.15) is 162 Å². The van der Waals surface area contributed by atoms with Crippen LogP contribution in [0.2, 0.25) is 0 Å². The van der Waals surface area contributed by atoms with Gasteiger partial charge < -0.3 is 0 Å². The van der Waals surface area contributed by atoms with E-state index in [0.717, 1.165) is 17.2 Å². The van der Waals surface area contributed by atoms with E-state index in [9.17, 15) is 0 Å². The lowest BCUT2D eigenvalue weighted by Gasteiger charge is -2.40. The molecule has 4 aliphatic rings. The number of benzene rings is 11. The van der Waals surface area contributed by atoms with E-state index in [1.165, 1.54) is 140 Å². The molecule has 4 unspecified atom stereocenters. The number of nitrogens with zero attached hydrogens (tertiary/aromatic N) is 1. The van der Waals surface area contributed by atoms with Crippen LogP contribution in [0.15, 0.2) is 307 Å². The number of aliphatic imine (C=N–C) groups is 1. The number of hydrogen-bond acceptors (Lipinski definition) is 1. The van der Waals surface area contributed by atoms with Crippen LogP contribution in [-0.4, -0.2) is 5.71 Å². The van der Waals surface area contributed by atoms with Crippen molar-refractivity contribution < 1.29 is 0 Å². The molecule has 1 heteroatoms. The molecule has 15 rings (SSSR count). The van der Waals surface area contributed by atoms with E-state index in [1.807, 2.05) is 72.0 Å². The Balaban J connectivity index is 0.000000168. The second-order valence-corrected chi connectivity index (χ2v) is 25.1. The molecule has 11 aromatic carbocycles. The van der Waals surface area contributed by atoms with E-state index in [-0.39, 0.29) is 0 Å². The highest BCUT2D eigenvalue weighted by atomic mass is 14.7. The highest BCUT2D eigenvalue weighted by Gasteiger charge is 2.38. The molecule has 0 radical (unpaired) electrons. The molecule has 0 bridgehead atoms. The zero-order valence-electron chi connectivity index (χ0n) is 61.0. The molecule has 0 aromatic heterocycles. The van der Waals surface area contributed by atoms with Crippen molar-refractivity contribution >= 4 is 87.9 Å². The van der Waals surface area contributed by atoms with Gasteiger partial charge >= 0.3 is 0 Å². The molecule has 4 atom stereocenters. The second kappa shape index (κ2) is 36.4.